The van der Waals surface area contributed by atoms with Gasteiger partial charge in [0.2, 0.25) is 0 Å². The highest BCUT2D eigenvalue weighted by atomic mass is 35.5. The van der Waals surface area contributed by atoms with Gasteiger partial charge in [-0.2, -0.15) is 0 Å². The first kappa shape index (κ1) is 22.0. The van der Waals surface area contributed by atoms with Crippen LogP contribution in [0.5, 0.6) is 17.2 Å². The lowest BCUT2D eigenvalue weighted by molar-refractivity contribution is -0.133. The van der Waals surface area contributed by atoms with Crippen LogP contribution < -0.4 is 18.5 Å². The first-order valence-corrected chi connectivity index (χ1v) is 11.6. The second-order valence-electron chi connectivity index (χ2n) is 7.05. The Hall–Kier alpha value is -3.23. The fourth-order valence-electron chi connectivity index (χ4n) is 3.16. The number of carbonyl (C=O) groups is 1. The van der Waals surface area contributed by atoms with Crippen LogP contribution in [0.3, 0.4) is 0 Å². The Bertz CT molecular complexity index is 1230. The van der Waals surface area contributed by atoms with E-state index in [0.29, 0.717) is 41.2 Å². The Balaban J connectivity index is 1.41. The van der Waals surface area contributed by atoms with Gasteiger partial charge in [0.05, 0.1) is 17.0 Å². The third-order valence-electron chi connectivity index (χ3n) is 4.86. The quantitative estimate of drug-likeness (QED) is 0.396. The molecule has 1 heterocycles. The minimum atomic E-state index is -3.75. The Morgan fingerprint density at radius 2 is 1.62 bits per heavy atom. The number of fused-ring (bicyclic) bond motifs is 1. The van der Waals surface area contributed by atoms with Crippen molar-refractivity contribution in [2.24, 2.45) is 0 Å². The summed E-state index contributed by atoms with van der Waals surface area (Å²) < 4.78 is 43.1. The van der Waals surface area contributed by atoms with E-state index < -0.39 is 16.0 Å². The number of hydrogen-bond acceptors (Lipinski definition) is 6. The highest BCUT2D eigenvalue weighted by molar-refractivity contribution is 7.92. The number of ether oxygens (including phenoxy) is 3. The van der Waals surface area contributed by atoms with E-state index in [1.165, 1.54) is 31.3 Å². The van der Waals surface area contributed by atoms with Gasteiger partial charge in [-0.05, 0) is 66.2 Å². The maximum Gasteiger partial charge on any atom is 0.315 e. The monoisotopic (exact) mass is 473 g/mol. The van der Waals surface area contributed by atoms with Gasteiger partial charge in [-0.1, -0.05) is 17.7 Å². The largest absolute Gasteiger partial charge is 0.486 e. The molecule has 0 unspecified atom stereocenters. The zero-order chi connectivity index (χ0) is 22.7. The predicted octanol–water partition coefficient (Wildman–Crippen LogP) is 4.08. The molecular formula is C23H20ClNO6S. The van der Waals surface area contributed by atoms with E-state index in [1.807, 2.05) is 0 Å². The van der Waals surface area contributed by atoms with Crippen molar-refractivity contribution in [2.45, 2.75) is 11.3 Å². The van der Waals surface area contributed by atoms with Crippen molar-refractivity contribution in [3.8, 4) is 17.2 Å². The van der Waals surface area contributed by atoms with Crippen LogP contribution in [-0.4, -0.2) is 34.6 Å². The predicted molar refractivity (Wildman–Crippen MR) is 120 cm³/mol. The zero-order valence-electron chi connectivity index (χ0n) is 17.2. The molecule has 0 radical (unpaired) electrons. The molecule has 0 bridgehead atoms. The lowest BCUT2D eigenvalue weighted by atomic mass is 10.1. The van der Waals surface area contributed by atoms with Crippen LogP contribution in [0.25, 0.3) is 0 Å². The van der Waals surface area contributed by atoms with Crippen molar-refractivity contribution in [3.63, 3.8) is 0 Å². The fraction of sp³-hybridized carbons (Fsp3) is 0.174. The molecule has 0 saturated carbocycles. The van der Waals surface area contributed by atoms with Crippen molar-refractivity contribution in [1.29, 1.82) is 0 Å². The van der Waals surface area contributed by atoms with Crippen LogP contribution in [0.15, 0.2) is 71.6 Å². The van der Waals surface area contributed by atoms with E-state index in [1.54, 1.807) is 42.5 Å². The van der Waals surface area contributed by atoms with Crippen molar-refractivity contribution in [2.75, 3.05) is 24.6 Å². The molecule has 1 aliphatic heterocycles. The molecule has 4 rings (SSSR count). The number of carbonyl (C=O) groups excluding carboxylic acids is 1. The maximum absolute atomic E-state index is 12.8. The first-order chi connectivity index (χ1) is 15.3. The van der Waals surface area contributed by atoms with Gasteiger partial charge >= 0.3 is 5.97 Å². The maximum atomic E-state index is 12.8. The standard InChI is InChI=1S/C23H20ClNO6S/c1-25(32(27,28)20-9-3-17(24)4-10-20)18-5-7-19(8-6-18)31-23(26)15-16-2-11-21-22(14-16)30-13-12-29-21/h2-11,14H,12-13,15H2,1H3. The number of benzene rings is 3. The van der Waals surface area contributed by atoms with Crippen LogP contribution in [0.1, 0.15) is 5.56 Å². The van der Waals surface area contributed by atoms with Gasteiger partial charge < -0.3 is 14.2 Å². The second kappa shape index (κ2) is 9.10. The first-order valence-electron chi connectivity index (χ1n) is 9.77. The van der Waals surface area contributed by atoms with Gasteiger partial charge in [-0.15, -0.1) is 0 Å². The van der Waals surface area contributed by atoms with Crippen LogP contribution >= 0.6 is 11.6 Å². The van der Waals surface area contributed by atoms with E-state index in [0.717, 1.165) is 9.87 Å². The Labute approximate surface area is 191 Å². The van der Waals surface area contributed by atoms with E-state index in [2.05, 4.69) is 0 Å². The summed E-state index contributed by atoms with van der Waals surface area (Å²) in [5.41, 5.74) is 1.16. The second-order valence-corrected chi connectivity index (χ2v) is 9.45. The molecule has 0 amide bonds. The summed E-state index contributed by atoms with van der Waals surface area (Å²) in [6, 6.07) is 17.5. The molecule has 3 aromatic carbocycles. The fourth-order valence-corrected chi connectivity index (χ4v) is 4.48. The lowest BCUT2D eigenvalue weighted by Gasteiger charge is -2.20. The van der Waals surface area contributed by atoms with Crippen LogP contribution in [0.4, 0.5) is 5.69 Å². The summed E-state index contributed by atoms with van der Waals surface area (Å²) in [4.78, 5) is 12.5. The molecule has 0 fully saturated rings. The zero-order valence-corrected chi connectivity index (χ0v) is 18.7. The van der Waals surface area contributed by atoms with Gasteiger partial charge in [0.25, 0.3) is 10.0 Å². The van der Waals surface area contributed by atoms with Crippen LogP contribution in [0.2, 0.25) is 5.02 Å². The summed E-state index contributed by atoms with van der Waals surface area (Å²) in [7, 11) is -2.30. The lowest BCUT2D eigenvalue weighted by Crippen LogP contribution is -2.26. The highest BCUT2D eigenvalue weighted by Gasteiger charge is 2.21. The van der Waals surface area contributed by atoms with E-state index in [9.17, 15) is 13.2 Å². The smallest absolute Gasteiger partial charge is 0.315 e. The Morgan fingerprint density at radius 1 is 0.969 bits per heavy atom. The minimum Gasteiger partial charge on any atom is -0.486 e. The summed E-state index contributed by atoms with van der Waals surface area (Å²) in [6.45, 7) is 0.968. The molecule has 7 nitrogen and oxygen atoms in total. The van der Waals surface area contributed by atoms with Gasteiger partial charge in [0.15, 0.2) is 11.5 Å². The number of nitrogens with zero attached hydrogens (tertiary/aromatic N) is 1. The van der Waals surface area contributed by atoms with Crippen molar-refractivity contribution in [3.05, 3.63) is 77.3 Å². The summed E-state index contributed by atoms with van der Waals surface area (Å²) >= 11 is 5.84. The van der Waals surface area contributed by atoms with Crippen LogP contribution in [-0.2, 0) is 21.2 Å². The van der Waals surface area contributed by atoms with Crippen molar-refractivity contribution < 1.29 is 27.4 Å². The third kappa shape index (κ3) is 4.81. The topological polar surface area (TPSA) is 82.1 Å². The normalized spacial score (nSPS) is 12.8. The number of sulfonamides is 1. The van der Waals surface area contributed by atoms with Gasteiger partial charge in [0, 0.05) is 12.1 Å². The summed E-state index contributed by atoms with van der Waals surface area (Å²) in [6.07, 6.45) is 0.0588. The molecule has 0 aliphatic carbocycles. The van der Waals surface area contributed by atoms with E-state index in [-0.39, 0.29) is 11.3 Å². The number of anilines is 1. The molecule has 0 spiro atoms. The third-order valence-corrected chi connectivity index (χ3v) is 6.91. The number of hydrogen-bond donors (Lipinski definition) is 0. The number of halogens is 1. The van der Waals surface area contributed by atoms with Gasteiger partial charge in [-0.25, -0.2) is 8.42 Å². The molecule has 32 heavy (non-hydrogen) atoms. The molecule has 0 N–H and O–H groups in total. The highest BCUT2D eigenvalue weighted by Crippen LogP contribution is 2.31. The van der Waals surface area contributed by atoms with Crippen LogP contribution in [0, 0.1) is 0 Å². The SMILES string of the molecule is CN(c1ccc(OC(=O)Cc2ccc3c(c2)OCCO3)cc1)S(=O)(=O)c1ccc(Cl)cc1. The molecule has 0 aromatic heterocycles. The average molecular weight is 474 g/mol. The molecule has 3 aromatic rings. The van der Waals surface area contributed by atoms with Crippen molar-refractivity contribution in [1.82, 2.24) is 0 Å². The minimum absolute atomic E-state index is 0.0588. The van der Waals surface area contributed by atoms with E-state index in [4.69, 9.17) is 25.8 Å². The summed E-state index contributed by atoms with van der Waals surface area (Å²) in [5, 5.41) is 0.453. The molecule has 166 valence electrons. The molecular weight excluding hydrogens is 454 g/mol. The molecule has 1 aliphatic rings. The summed E-state index contributed by atoms with van der Waals surface area (Å²) in [5.74, 6) is 1.13. The number of esters is 1. The van der Waals surface area contributed by atoms with Gasteiger partial charge in [-0.3, -0.25) is 9.10 Å². The van der Waals surface area contributed by atoms with E-state index >= 15 is 0 Å². The number of rotatable bonds is 6. The molecule has 0 saturated heterocycles. The average Bonchev–Trinajstić information content (AvgIpc) is 2.79. The molecule has 0 atom stereocenters. The van der Waals surface area contributed by atoms with Crippen molar-refractivity contribution >= 4 is 33.3 Å². The van der Waals surface area contributed by atoms with Gasteiger partial charge in [0.1, 0.15) is 19.0 Å². The molecule has 9 heteroatoms. The Morgan fingerprint density at radius 3 is 2.31 bits per heavy atom. The Kier molecular flexibility index (Phi) is 6.25.